The molecule has 0 aromatic heterocycles. The predicted molar refractivity (Wildman–Crippen MR) is 150 cm³/mol. The molecule has 1 aliphatic carbocycles. The average Bonchev–Trinajstić information content (AvgIpc) is 3.30. The van der Waals surface area contributed by atoms with Gasteiger partial charge in [0, 0.05) is 18.0 Å². The quantitative estimate of drug-likeness (QED) is 0.399. The van der Waals surface area contributed by atoms with Crippen molar-refractivity contribution in [3.63, 3.8) is 0 Å². The van der Waals surface area contributed by atoms with Crippen molar-refractivity contribution < 1.29 is 19.8 Å². The lowest BCUT2D eigenvalue weighted by molar-refractivity contribution is -0.147. The van der Waals surface area contributed by atoms with Crippen LogP contribution < -0.4 is 0 Å². The number of aliphatic hydroxyl groups is 1. The highest BCUT2D eigenvalue weighted by Gasteiger charge is 2.37. The molecule has 3 rings (SSSR count). The molecule has 0 spiro atoms. The number of aryl methyl sites for hydroxylation is 2. The van der Waals surface area contributed by atoms with Gasteiger partial charge in [-0.05, 0) is 87.3 Å². The smallest absolute Gasteiger partial charge is 0.329 e. The lowest BCUT2D eigenvalue weighted by Gasteiger charge is -2.35. The molecule has 5 heteroatoms. The Morgan fingerprint density at radius 2 is 1.51 bits per heavy atom. The molecule has 1 saturated carbocycles. The summed E-state index contributed by atoms with van der Waals surface area (Å²) in [6.45, 7) is 11.5. The predicted octanol–water partition coefficient (Wildman–Crippen LogP) is 6.66. The highest BCUT2D eigenvalue weighted by Crippen LogP contribution is 2.40. The van der Waals surface area contributed by atoms with Gasteiger partial charge in [-0.25, -0.2) is 4.79 Å². The number of carboxylic acids is 1. The van der Waals surface area contributed by atoms with Gasteiger partial charge in [-0.2, -0.15) is 0 Å². The molecule has 0 saturated heterocycles. The van der Waals surface area contributed by atoms with E-state index in [9.17, 15) is 19.8 Å². The van der Waals surface area contributed by atoms with Crippen LogP contribution in [0.3, 0.4) is 0 Å². The Labute approximate surface area is 222 Å². The summed E-state index contributed by atoms with van der Waals surface area (Å²) in [6.07, 6.45) is 9.64. The largest absolute Gasteiger partial charge is 0.480 e. The third-order valence-corrected chi connectivity index (χ3v) is 8.75. The summed E-state index contributed by atoms with van der Waals surface area (Å²) in [5.41, 5.74) is 3.82. The Balaban J connectivity index is 1.96. The minimum absolute atomic E-state index is 0.213. The van der Waals surface area contributed by atoms with E-state index in [0.717, 1.165) is 55.2 Å². The van der Waals surface area contributed by atoms with Crippen molar-refractivity contribution in [2.24, 2.45) is 0 Å². The normalized spacial score (nSPS) is 15.8. The number of carbonyl (C=O) groups is 2. The summed E-state index contributed by atoms with van der Waals surface area (Å²) >= 11 is 0. The first-order valence-corrected chi connectivity index (χ1v) is 13.5. The van der Waals surface area contributed by atoms with Gasteiger partial charge < -0.3 is 15.1 Å². The zero-order valence-corrected chi connectivity index (χ0v) is 23.5. The second-order valence-corrected chi connectivity index (χ2v) is 11.3. The molecule has 1 aliphatic rings. The number of rotatable bonds is 9. The number of carbonyl (C=O) groups excluding carboxylic acids is 1. The molecule has 2 aromatic carbocycles. The summed E-state index contributed by atoms with van der Waals surface area (Å²) in [5.74, 6) is -1.34. The molecule has 2 N–H and O–H groups in total. The second kappa shape index (κ2) is 10.8. The van der Waals surface area contributed by atoms with Crippen molar-refractivity contribution in [2.75, 3.05) is 7.05 Å². The van der Waals surface area contributed by atoms with Gasteiger partial charge in [0.15, 0.2) is 0 Å². The third-order valence-electron chi connectivity index (χ3n) is 8.75. The number of likely N-dealkylation sites (N-methyl/N-ethyl adjacent to an activating group) is 1. The topological polar surface area (TPSA) is 77.8 Å². The van der Waals surface area contributed by atoms with Crippen molar-refractivity contribution in [3.8, 4) is 0 Å². The molecule has 0 heterocycles. The number of hydrogen-bond donors (Lipinski definition) is 2. The van der Waals surface area contributed by atoms with Crippen LogP contribution in [0.5, 0.6) is 0 Å². The fourth-order valence-corrected chi connectivity index (χ4v) is 5.57. The molecule has 2 aromatic rings. The molecule has 0 radical (unpaired) electrons. The zero-order chi connectivity index (χ0) is 27.6. The lowest BCUT2D eigenvalue weighted by atomic mass is 9.69. The first-order valence-electron chi connectivity index (χ1n) is 13.5. The van der Waals surface area contributed by atoms with E-state index >= 15 is 0 Å². The van der Waals surface area contributed by atoms with Crippen molar-refractivity contribution in [1.82, 2.24) is 4.90 Å². The Hall–Kier alpha value is -2.92. The van der Waals surface area contributed by atoms with E-state index in [1.807, 2.05) is 25.1 Å². The Bertz CT molecular complexity index is 1180. The van der Waals surface area contributed by atoms with Gasteiger partial charge >= 0.3 is 5.97 Å². The Morgan fingerprint density at radius 1 is 0.973 bits per heavy atom. The summed E-state index contributed by atoms with van der Waals surface area (Å²) in [5, 5.41) is 20.3. The summed E-state index contributed by atoms with van der Waals surface area (Å²) < 4.78 is 0. The SMILES string of the molecule is CCC(CC)(c1ccc(/C=C/C2(O)CCCC2)c(C)c1)c1ccc(C(=O)N(C)C(C)(C)C(=O)O)c(C)c1. The van der Waals surface area contributed by atoms with Crippen molar-refractivity contribution in [3.05, 3.63) is 75.9 Å². The molecule has 0 unspecified atom stereocenters. The fourth-order valence-electron chi connectivity index (χ4n) is 5.57. The number of carboxylic acid groups (broad SMARTS) is 1. The van der Waals surface area contributed by atoms with Crippen LogP contribution >= 0.6 is 0 Å². The number of amides is 1. The maximum absolute atomic E-state index is 13.2. The van der Waals surface area contributed by atoms with Crippen molar-refractivity contribution >= 4 is 18.0 Å². The number of benzene rings is 2. The summed E-state index contributed by atoms with van der Waals surface area (Å²) in [4.78, 5) is 26.1. The van der Waals surface area contributed by atoms with Crippen LogP contribution in [0.25, 0.3) is 6.08 Å². The van der Waals surface area contributed by atoms with Crippen LogP contribution in [0.2, 0.25) is 0 Å². The molecule has 0 bridgehead atoms. The molecule has 1 fully saturated rings. The summed E-state index contributed by atoms with van der Waals surface area (Å²) in [7, 11) is 1.54. The molecule has 37 heavy (non-hydrogen) atoms. The van der Waals surface area contributed by atoms with Crippen LogP contribution in [0.1, 0.15) is 104 Å². The standard InChI is InChI=1S/C32H43NO4/c1-8-32(9-2,25-13-12-24(22(3)20-25)16-19-31(37)17-10-11-18-31)26-14-15-27(23(4)21-26)28(34)33(7)30(5,6)29(35)36/h12-16,19-21,37H,8-11,17-18H2,1-7H3,(H,35,36)/b19-16+. The van der Waals surface area contributed by atoms with Gasteiger partial charge in [-0.3, -0.25) is 4.79 Å². The Kier molecular flexibility index (Phi) is 8.38. The van der Waals surface area contributed by atoms with E-state index in [2.05, 4.69) is 51.1 Å². The van der Waals surface area contributed by atoms with E-state index < -0.39 is 17.1 Å². The Morgan fingerprint density at radius 3 is 2.00 bits per heavy atom. The molecular weight excluding hydrogens is 462 g/mol. The van der Waals surface area contributed by atoms with Gasteiger partial charge in [0.2, 0.25) is 0 Å². The molecular formula is C32H43NO4. The number of hydrogen-bond acceptors (Lipinski definition) is 3. The average molecular weight is 506 g/mol. The van der Waals surface area contributed by atoms with E-state index in [4.69, 9.17) is 0 Å². The summed E-state index contributed by atoms with van der Waals surface area (Å²) in [6, 6.07) is 12.5. The fraction of sp³-hybridized carbons (Fsp3) is 0.500. The van der Waals surface area contributed by atoms with Crippen molar-refractivity contribution in [1.29, 1.82) is 0 Å². The monoisotopic (exact) mass is 505 g/mol. The van der Waals surface area contributed by atoms with E-state index in [-0.39, 0.29) is 11.3 Å². The molecule has 0 aliphatic heterocycles. The highest BCUT2D eigenvalue weighted by atomic mass is 16.4. The van der Waals surface area contributed by atoms with Gasteiger partial charge in [0.25, 0.3) is 5.91 Å². The van der Waals surface area contributed by atoms with E-state index in [0.29, 0.717) is 5.56 Å². The molecule has 0 atom stereocenters. The van der Waals surface area contributed by atoms with Crippen molar-refractivity contribution in [2.45, 2.75) is 96.6 Å². The van der Waals surface area contributed by atoms with Gasteiger partial charge in [0.1, 0.15) is 5.54 Å². The first kappa shape index (κ1) is 28.6. The van der Waals surface area contributed by atoms with Crippen LogP contribution in [-0.2, 0) is 10.2 Å². The van der Waals surface area contributed by atoms with Crippen LogP contribution in [0, 0.1) is 13.8 Å². The molecule has 200 valence electrons. The molecule has 5 nitrogen and oxygen atoms in total. The van der Waals surface area contributed by atoms with E-state index in [1.165, 1.54) is 36.9 Å². The maximum atomic E-state index is 13.2. The minimum Gasteiger partial charge on any atom is -0.480 e. The van der Waals surface area contributed by atoms with Gasteiger partial charge in [-0.1, -0.05) is 69.2 Å². The zero-order valence-electron chi connectivity index (χ0n) is 23.5. The van der Waals surface area contributed by atoms with Crippen LogP contribution in [0.4, 0.5) is 0 Å². The second-order valence-electron chi connectivity index (χ2n) is 11.3. The third kappa shape index (κ3) is 5.52. The first-order chi connectivity index (χ1) is 17.3. The van der Waals surface area contributed by atoms with Crippen LogP contribution in [-0.4, -0.2) is 45.2 Å². The van der Waals surface area contributed by atoms with E-state index in [1.54, 1.807) is 0 Å². The van der Waals surface area contributed by atoms with Gasteiger partial charge in [0.05, 0.1) is 5.60 Å². The van der Waals surface area contributed by atoms with Crippen LogP contribution in [0.15, 0.2) is 42.5 Å². The molecule has 1 amide bonds. The maximum Gasteiger partial charge on any atom is 0.329 e. The number of nitrogens with zero attached hydrogens (tertiary/aromatic N) is 1. The number of aliphatic carboxylic acids is 1. The van der Waals surface area contributed by atoms with Gasteiger partial charge in [-0.15, -0.1) is 0 Å². The highest BCUT2D eigenvalue weighted by molar-refractivity contribution is 5.98. The minimum atomic E-state index is -1.31. The lowest BCUT2D eigenvalue weighted by Crippen LogP contribution is -2.50.